The normalized spacial score (nSPS) is 13.8. The van der Waals surface area contributed by atoms with Gasteiger partial charge in [-0.2, -0.15) is 0 Å². The highest BCUT2D eigenvalue weighted by Gasteiger charge is 2.26. The average molecular weight is 431 g/mol. The van der Waals surface area contributed by atoms with Gasteiger partial charge in [0.05, 0.1) is 22.4 Å². The molecular weight excluding hydrogens is 406 g/mol. The van der Waals surface area contributed by atoms with Crippen LogP contribution in [0.1, 0.15) is 39.0 Å². The predicted molar refractivity (Wildman–Crippen MR) is 122 cm³/mol. The van der Waals surface area contributed by atoms with Gasteiger partial charge in [-0.25, -0.2) is 9.97 Å². The molecule has 0 saturated carbocycles. The molecule has 0 atom stereocenters. The third-order valence-corrected chi connectivity index (χ3v) is 5.61. The van der Waals surface area contributed by atoms with Crippen molar-refractivity contribution in [2.75, 3.05) is 31.5 Å². The van der Waals surface area contributed by atoms with Gasteiger partial charge in [0.2, 0.25) is 5.91 Å². The van der Waals surface area contributed by atoms with Crippen molar-refractivity contribution in [3.8, 4) is 0 Å². The molecule has 0 unspecified atom stereocenters. The molecule has 0 aliphatic carbocycles. The van der Waals surface area contributed by atoms with E-state index in [4.69, 9.17) is 0 Å². The molecule has 1 N–H and O–H groups in total. The summed E-state index contributed by atoms with van der Waals surface area (Å²) in [7, 11) is 0. The monoisotopic (exact) mass is 431 g/mol. The van der Waals surface area contributed by atoms with Crippen molar-refractivity contribution in [2.45, 2.75) is 20.8 Å². The molecule has 0 bridgehead atoms. The van der Waals surface area contributed by atoms with E-state index in [2.05, 4.69) is 15.3 Å². The number of carbonyl (C=O) groups is 3. The second kappa shape index (κ2) is 8.74. The van der Waals surface area contributed by atoms with Crippen molar-refractivity contribution in [1.82, 2.24) is 19.8 Å². The lowest BCUT2D eigenvalue weighted by atomic mass is 10.1. The van der Waals surface area contributed by atoms with E-state index in [1.807, 2.05) is 19.9 Å². The summed E-state index contributed by atoms with van der Waals surface area (Å²) in [6, 6.07) is 12.3. The molecule has 3 amide bonds. The van der Waals surface area contributed by atoms with E-state index in [0.29, 0.717) is 48.5 Å². The van der Waals surface area contributed by atoms with E-state index in [1.54, 1.807) is 46.2 Å². The minimum Gasteiger partial charge on any atom is -0.335 e. The van der Waals surface area contributed by atoms with Crippen molar-refractivity contribution in [2.24, 2.45) is 0 Å². The summed E-state index contributed by atoms with van der Waals surface area (Å²) in [5.41, 5.74) is 4.85. The second-order valence-electron chi connectivity index (χ2n) is 7.94. The Kier molecular flexibility index (Phi) is 5.85. The lowest BCUT2D eigenvalue weighted by molar-refractivity contribution is -0.114. The van der Waals surface area contributed by atoms with Gasteiger partial charge in [-0.05, 0) is 50.2 Å². The Hall–Kier alpha value is -3.81. The quantitative estimate of drug-likeness (QED) is 0.688. The topological polar surface area (TPSA) is 95.5 Å². The first-order valence-corrected chi connectivity index (χ1v) is 10.5. The van der Waals surface area contributed by atoms with Crippen molar-refractivity contribution < 1.29 is 14.4 Å². The summed E-state index contributed by atoms with van der Waals surface area (Å²) in [6.45, 7) is 7.03. The maximum atomic E-state index is 13.0. The van der Waals surface area contributed by atoms with Gasteiger partial charge < -0.3 is 15.1 Å². The minimum absolute atomic E-state index is 0.0771. The fourth-order valence-corrected chi connectivity index (χ4v) is 3.77. The predicted octanol–water partition coefficient (Wildman–Crippen LogP) is 2.80. The molecule has 0 spiro atoms. The smallest absolute Gasteiger partial charge is 0.254 e. The van der Waals surface area contributed by atoms with Crippen LogP contribution in [0.5, 0.6) is 0 Å². The van der Waals surface area contributed by atoms with Gasteiger partial charge in [0.25, 0.3) is 11.8 Å². The van der Waals surface area contributed by atoms with Crippen LogP contribution < -0.4 is 5.32 Å². The van der Waals surface area contributed by atoms with E-state index in [0.717, 1.165) is 16.9 Å². The highest BCUT2D eigenvalue weighted by Crippen LogP contribution is 2.18. The number of aryl methyl sites for hydroxylation is 2. The molecule has 8 heteroatoms. The number of hydrogen-bond acceptors (Lipinski definition) is 5. The lowest BCUT2D eigenvalue weighted by Crippen LogP contribution is -2.50. The van der Waals surface area contributed by atoms with Crippen LogP contribution in [0.4, 0.5) is 5.69 Å². The Morgan fingerprint density at radius 3 is 1.94 bits per heavy atom. The Morgan fingerprint density at radius 1 is 0.781 bits per heavy atom. The van der Waals surface area contributed by atoms with Crippen LogP contribution in [-0.2, 0) is 4.79 Å². The van der Waals surface area contributed by atoms with Crippen LogP contribution in [0, 0.1) is 13.8 Å². The molecule has 164 valence electrons. The zero-order chi connectivity index (χ0) is 22.8. The Labute approximate surface area is 186 Å². The van der Waals surface area contributed by atoms with Gasteiger partial charge in [-0.3, -0.25) is 14.4 Å². The SMILES string of the molecule is CC(=O)Nc1cccc(C(=O)N2CCN(C(=O)c3ccc4nc(C)c(C)nc4c3)CC2)c1. The zero-order valence-electron chi connectivity index (χ0n) is 18.4. The first kappa shape index (κ1) is 21.4. The third kappa shape index (κ3) is 4.44. The fourth-order valence-electron chi connectivity index (χ4n) is 3.77. The molecule has 1 aliphatic rings. The van der Waals surface area contributed by atoms with Crippen molar-refractivity contribution in [3.05, 3.63) is 65.0 Å². The Morgan fingerprint density at radius 2 is 1.34 bits per heavy atom. The number of hydrogen-bond donors (Lipinski definition) is 1. The standard InChI is InChI=1S/C24H25N5O3/c1-15-16(2)26-22-14-19(7-8-21(22)25-15)24(32)29-11-9-28(10-12-29)23(31)18-5-4-6-20(13-18)27-17(3)30/h4-8,13-14H,9-12H2,1-3H3,(H,27,30). The molecule has 2 aromatic carbocycles. The van der Waals surface area contributed by atoms with Gasteiger partial charge in [0, 0.05) is 49.9 Å². The third-order valence-electron chi connectivity index (χ3n) is 5.61. The number of nitrogens with one attached hydrogen (secondary N) is 1. The van der Waals surface area contributed by atoms with E-state index < -0.39 is 0 Å². The van der Waals surface area contributed by atoms with Gasteiger partial charge in [-0.1, -0.05) is 6.07 Å². The summed E-state index contributed by atoms with van der Waals surface area (Å²) < 4.78 is 0. The maximum absolute atomic E-state index is 13.0. The first-order chi connectivity index (χ1) is 15.3. The molecule has 2 heterocycles. The average Bonchev–Trinajstić information content (AvgIpc) is 2.78. The number of anilines is 1. The van der Waals surface area contributed by atoms with E-state index in [1.165, 1.54) is 6.92 Å². The number of piperazine rings is 1. The molecule has 4 rings (SSSR count). The van der Waals surface area contributed by atoms with Crippen LogP contribution in [0.2, 0.25) is 0 Å². The number of carbonyl (C=O) groups excluding carboxylic acids is 3. The van der Waals surface area contributed by atoms with Crippen LogP contribution in [0.3, 0.4) is 0 Å². The molecule has 8 nitrogen and oxygen atoms in total. The van der Waals surface area contributed by atoms with Crippen molar-refractivity contribution in [3.63, 3.8) is 0 Å². The number of rotatable bonds is 3. The first-order valence-electron chi connectivity index (χ1n) is 10.5. The van der Waals surface area contributed by atoms with Crippen LogP contribution >= 0.6 is 0 Å². The molecule has 3 aromatic rings. The van der Waals surface area contributed by atoms with E-state index >= 15 is 0 Å². The van der Waals surface area contributed by atoms with Crippen LogP contribution in [0.15, 0.2) is 42.5 Å². The number of benzene rings is 2. The molecule has 1 aromatic heterocycles. The van der Waals surface area contributed by atoms with Gasteiger partial charge >= 0.3 is 0 Å². The van der Waals surface area contributed by atoms with E-state index in [9.17, 15) is 14.4 Å². The van der Waals surface area contributed by atoms with Crippen molar-refractivity contribution in [1.29, 1.82) is 0 Å². The number of aromatic nitrogens is 2. The highest BCUT2D eigenvalue weighted by molar-refractivity contribution is 5.98. The fraction of sp³-hybridized carbons (Fsp3) is 0.292. The largest absolute Gasteiger partial charge is 0.335 e. The van der Waals surface area contributed by atoms with Gasteiger partial charge in [0.1, 0.15) is 0 Å². The molecular formula is C24H25N5O3. The summed E-state index contributed by atoms with van der Waals surface area (Å²) in [5.74, 6) is -0.380. The number of amides is 3. The summed E-state index contributed by atoms with van der Waals surface area (Å²) in [5, 5.41) is 2.69. The Bertz CT molecular complexity index is 1220. The highest BCUT2D eigenvalue weighted by atomic mass is 16.2. The van der Waals surface area contributed by atoms with Gasteiger partial charge in [0.15, 0.2) is 0 Å². The summed E-state index contributed by atoms with van der Waals surface area (Å²) >= 11 is 0. The maximum Gasteiger partial charge on any atom is 0.254 e. The van der Waals surface area contributed by atoms with Gasteiger partial charge in [-0.15, -0.1) is 0 Å². The van der Waals surface area contributed by atoms with Crippen LogP contribution in [-0.4, -0.2) is 63.7 Å². The summed E-state index contributed by atoms with van der Waals surface area (Å²) in [6.07, 6.45) is 0. The molecule has 32 heavy (non-hydrogen) atoms. The molecule has 1 aliphatic heterocycles. The number of nitrogens with zero attached hydrogens (tertiary/aromatic N) is 4. The Balaban J connectivity index is 1.42. The molecule has 1 saturated heterocycles. The van der Waals surface area contributed by atoms with Crippen LogP contribution in [0.25, 0.3) is 11.0 Å². The minimum atomic E-state index is -0.188. The van der Waals surface area contributed by atoms with E-state index in [-0.39, 0.29) is 17.7 Å². The zero-order valence-corrected chi connectivity index (χ0v) is 18.4. The van der Waals surface area contributed by atoms with Crippen molar-refractivity contribution >= 4 is 34.4 Å². The second-order valence-corrected chi connectivity index (χ2v) is 7.94. The lowest BCUT2D eigenvalue weighted by Gasteiger charge is -2.35. The molecule has 0 radical (unpaired) electrons. The summed E-state index contributed by atoms with van der Waals surface area (Å²) in [4.78, 5) is 49.7. The molecule has 1 fully saturated rings. The number of fused-ring (bicyclic) bond motifs is 1.